The molecule has 0 aliphatic rings. The first-order valence-corrected chi connectivity index (χ1v) is 13.7. The van der Waals surface area contributed by atoms with Gasteiger partial charge in [0, 0.05) is 24.7 Å². The summed E-state index contributed by atoms with van der Waals surface area (Å²) in [6.07, 6.45) is -17.8. The van der Waals surface area contributed by atoms with Gasteiger partial charge in [-0.05, 0) is 59.8 Å². The van der Waals surface area contributed by atoms with Crippen LogP contribution in [0, 0.1) is 17.6 Å². The molecule has 3 aromatic rings. The van der Waals surface area contributed by atoms with Crippen LogP contribution in [0.4, 0.5) is 39.5 Å². The Bertz CT molecular complexity index is 1350. The molecule has 0 fully saturated rings. The van der Waals surface area contributed by atoms with Gasteiger partial charge in [0.15, 0.2) is 0 Å². The number of hydrogen-bond donors (Lipinski definition) is 3. The number of rotatable bonds is 15. The van der Waals surface area contributed by atoms with Gasteiger partial charge in [-0.2, -0.15) is 30.7 Å². The molecule has 0 spiro atoms. The van der Waals surface area contributed by atoms with Crippen LogP contribution in [0.15, 0.2) is 66.7 Å². The first kappa shape index (κ1) is 35.2. The van der Waals surface area contributed by atoms with E-state index in [1.807, 2.05) is 13.8 Å². The van der Waals surface area contributed by atoms with Crippen LogP contribution >= 0.6 is 0 Å². The van der Waals surface area contributed by atoms with E-state index in [0.717, 1.165) is 18.2 Å². The molecule has 0 amide bonds. The third kappa shape index (κ3) is 9.86. The van der Waals surface area contributed by atoms with Gasteiger partial charge in [-0.25, -0.2) is 8.78 Å². The van der Waals surface area contributed by atoms with Gasteiger partial charge in [0.05, 0.1) is 18.1 Å². The lowest BCUT2D eigenvalue weighted by Crippen LogP contribution is -2.49. The van der Waals surface area contributed by atoms with E-state index in [9.17, 15) is 44.6 Å². The largest absolute Gasteiger partial charge is 0.461 e. The highest BCUT2D eigenvalue weighted by molar-refractivity contribution is 5.46. The van der Waals surface area contributed by atoms with Crippen molar-refractivity contribution in [2.45, 2.75) is 63.6 Å². The predicted molar refractivity (Wildman–Crippen MR) is 147 cm³/mol. The van der Waals surface area contributed by atoms with Crippen molar-refractivity contribution in [3.05, 3.63) is 101 Å². The molecule has 0 saturated carbocycles. The SMILES string of the molecule is CC(C)CNCc1cc([C@@](Cc2ccccc2)(NC[C@H](O)CC(F)(F)F)c2cc(F)cc(OC(F)(F)C(F)F)c2)ccc1F. The fourth-order valence-electron chi connectivity index (χ4n) is 4.71. The van der Waals surface area contributed by atoms with E-state index >= 15 is 0 Å². The topological polar surface area (TPSA) is 53.5 Å². The summed E-state index contributed by atoms with van der Waals surface area (Å²) in [4.78, 5) is 0. The van der Waals surface area contributed by atoms with Crippen molar-refractivity contribution in [3.8, 4) is 5.75 Å². The normalized spacial score (nSPS) is 14.6. The van der Waals surface area contributed by atoms with Gasteiger partial charge in [-0.1, -0.05) is 50.2 Å². The molecule has 0 unspecified atom stereocenters. The molecule has 3 N–H and O–H groups in total. The number of benzene rings is 3. The minimum absolute atomic E-state index is 0.0358. The monoisotopic (exact) mass is 636 g/mol. The molecule has 3 rings (SSSR count). The number of halogens is 9. The molecule has 2 atom stereocenters. The van der Waals surface area contributed by atoms with Gasteiger partial charge < -0.3 is 20.5 Å². The fraction of sp³-hybridized carbons (Fsp3) is 0.419. The van der Waals surface area contributed by atoms with Crippen molar-refractivity contribution in [2.24, 2.45) is 5.92 Å². The van der Waals surface area contributed by atoms with Crippen molar-refractivity contribution in [1.82, 2.24) is 10.6 Å². The summed E-state index contributed by atoms with van der Waals surface area (Å²) in [6, 6.07) is 14.2. The Morgan fingerprint density at radius 3 is 2.14 bits per heavy atom. The molecular formula is C31H33F9N2O2. The number of ether oxygens (including phenoxy) is 1. The summed E-state index contributed by atoms with van der Waals surface area (Å²) in [5.74, 6) is -2.58. The molecule has 3 aromatic carbocycles. The zero-order chi connectivity index (χ0) is 32.7. The first-order valence-electron chi connectivity index (χ1n) is 13.7. The molecule has 0 aliphatic heterocycles. The zero-order valence-electron chi connectivity index (χ0n) is 23.9. The molecule has 242 valence electrons. The van der Waals surface area contributed by atoms with E-state index < -0.39 is 60.7 Å². The number of aliphatic hydroxyl groups is 1. The second kappa shape index (κ2) is 14.7. The Hall–Kier alpha value is -3.29. The number of aliphatic hydroxyl groups excluding tert-OH is 1. The summed E-state index contributed by atoms with van der Waals surface area (Å²) in [7, 11) is 0. The highest BCUT2D eigenvalue weighted by Crippen LogP contribution is 2.38. The Labute approximate surface area is 249 Å². The summed E-state index contributed by atoms with van der Waals surface area (Å²) in [5, 5.41) is 16.2. The lowest BCUT2D eigenvalue weighted by atomic mass is 9.77. The maximum absolute atomic E-state index is 15.0. The van der Waals surface area contributed by atoms with Gasteiger partial charge in [0.2, 0.25) is 0 Å². The van der Waals surface area contributed by atoms with E-state index in [2.05, 4.69) is 15.4 Å². The van der Waals surface area contributed by atoms with Crippen LogP contribution < -0.4 is 15.4 Å². The van der Waals surface area contributed by atoms with Crippen LogP contribution in [0.25, 0.3) is 0 Å². The van der Waals surface area contributed by atoms with Crippen LogP contribution in [0.5, 0.6) is 5.75 Å². The standard InChI is InChI=1S/C31H33F9N2O2/c1-19(2)16-41-17-21-10-22(8-9-27(21)33)29(14-20-6-4-3-5-7-20,42-18-25(43)15-30(36,37)38)23-11-24(32)13-26(12-23)44-31(39,40)28(34)35/h3-13,19,25,28,41-43H,14-18H2,1-2H3/t25-,29-/m1/s1. The smallest absolute Gasteiger partial charge is 0.428 e. The summed E-state index contributed by atoms with van der Waals surface area (Å²) in [6.45, 7) is 3.69. The van der Waals surface area contributed by atoms with Gasteiger partial charge in [-0.15, -0.1) is 0 Å². The van der Waals surface area contributed by atoms with E-state index in [-0.39, 0.29) is 35.6 Å². The van der Waals surface area contributed by atoms with E-state index in [0.29, 0.717) is 18.2 Å². The second-order valence-electron chi connectivity index (χ2n) is 10.9. The molecule has 0 aromatic heterocycles. The minimum Gasteiger partial charge on any atom is -0.428 e. The molecule has 44 heavy (non-hydrogen) atoms. The Kier molecular flexibility index (Phi) is 11.7. The average Bonchev–Trinajstić information content (AvgIpc) is 2.91. The predicted octanol–water partition coefficient (Wildman–Crippen LogP) is 7.34. The van der Waals surface area contributed by atoms with E-state index in [1.165, 1.54) is 12.1 Å². The van der Waals surface area contributed by atoms with Crippen LogP contribution in [-0.4, -0.2) is 43.0 Å². The summed E-state index contributed by atoms with van der Waals surface area (Å²) in [5.41, 5.74) is -1.20. The van der Waals surface area contributed by atoms with Crippen molar-refractivity contribution >= 4 is 0 Å². The second-order valence-corrected chi connectivity index (χ2v) is 10.9. The minimum atomic E-state index is -4.99. The average molecular weight is 637 g/mol. The molecule has 0 radical (unpaired) electrons. The maximum Gasteiger partial charge on any atom is 0.461 e. The highest BCUT2D eigenvalue weighted by Gasteiger charge is 2.45. The highest BCUT2D eigenvalue weighted by atomic mass is 19.4. The van der Waals surface area contributed by atoms with Gasteiger partial charge in [0.25, 0.3) is 0 Å². The third-order valence-corrected chi connectivity index (χ3v) is 6.70. The molecule has 0 bridgehead atoms. The summed E-state index contributed by atoms with van der Waals surface area (Å²) >= 11 is 0. The Balaban J connectivity index is 2.25. The first-order chi connectivity index (χ1) is 20.5. The van der Waals surface area contributed by atoms with Crippen LogP contribution in [0.1, 0.15) is 42.5 Å². The molecule has 0 aliphatic carbocycles. The van der Waals surface area contributed by atoms with Crippen molar-refractivity contribution in [1.29, 1.82) is 0 Å². The molecule has 0 saturated heterocycles. The zero-order valence-corrected chi connectivity index (χ0v) is 23.9. The lowest BCUT2D eigenvalue weighted by Gasteiger charge is -2.38. The van der Waals surface area contributed by atoms with Crippen LogP contribution in [0.2, 0.25) is 0 Å². The van der Waals surface area contributed by atoms with E-state index in [4.69, 9.17) is 0 Å². The Morgan fingerprint density at radius 1 is 0.841 bits per heavy atom. The molecule has 13 heteroatoms. The number of hydrogen-bond acceptors (Lipinski definition) is 4. The summed E-state index contributed by atoms with van der Waals surface area (Å²) < 4.78 is 127. The fourth-order valence-corrected chi connectivity index (χ4v) is 4.71. The van der Waals surface area contributed by atoms with Crippen LogP contribution in [-0.2, 0) is 18.5 Å². The lowest BCUT2D eigenvalue weighted by molar-refractivity contribution is -0.253. The molecular weight excluding hydrogens is 603 g/mol. The van der Waals surface area contributed by atoms with Crippen LogP contribution in [0.3, 0.4) is 0 Å². The van der Waals surface area contributed by atoms with Gasteiger partial charge >= 0.3 is 18.7 Å². The van der Waals surface area contributed by atoms with Crippen molar-refractivity contribution in [2.75, 3.05) is 13.1 Å². The molecule has 4 nitrogen and oxygen atoms in total. The number of nitrogens with one attached hydrogen (secondary N) is 2. The quantitative estimate of drug-likeness (QED) is 0.153. The third-order valence-electron chi connectivity index (χ3n) is 6.70. The Morgan fingerprint density at radius 2 is 1.52 bits per heavy atom. The van der Waals surface area contributed by atoms with Gasteiger partial charge in [-0.3, -0.25) is 0 Å². The van der Waals surface area contributed by atoms with Crippen molar-refractivity contribution < 1.29 is 49.4 Å². The van der Waals surface area contributed by atoms with Gasteiger partial charge in [0.1, 0.15) is 17.4 Å². The molecule has 0 heterocycles. The number of alkyl halides is 7. The van der Waals surface area contributed by atoms with E-state index in [1.54, 1.807) is 30.3 Å². The maximum atomic E-state index is 15.0. The van der Waals surface area contributed by atoms with Crippen molar-refractivity contribution in [3.63, 3.8) is 0 Å².